The van der Waals surface area contributed by atoms with Crippen LogP contribution < -0.4 is 16.0 Å². The van der Waals surface area contributed by atoms with E-state index < -0.39 is 36.8 Å². The number of nitrogens with zero attached hydrogens (tertiary/aromatic N) is 1. The molecule has 0 radical (unpaired) electrons. The first-order valence-corrected chi connectivity index (χ1v) is 12.4. The van der Waals surface area contributed by atoms with Crippen molar-refractivity contribution in [1.82, 2.24) is 20.9 Å². The number of hydrogen-bond donors (Lipinski definition) is 4. The molecular formula is C27H32N4O6. The number of likely N-dealkylation sites (tertiary alicyclic amines) is 1. The smallest absolute Gasteiger partial charge is 0.407 e. The molecule has 0 bridgehead atoms. The normalized spacial score (nSPS) is 17.1. The number of ether oxygens (including phenoxy) is 1. The van der Waals surface area contributed by atoms with Gasteiger partial charge in [-0.25, -0.2) is 9.59 Å². The van der Waals surface area contributed by atoms with Gasteiger partial charge in [0.1, 0.15) is 25.4 Å². The Morgan fingerprint density at radius 3 is 2.24 bits per heavy atom. The molecule has 0 unspecified atom stereocenters. The molecule has 2 aromatic rings. The van der Waals surface area contributed by atoms with Crippen LogP contribution in [0.15, 0.2) is 48.5 Å². The van der Waals surface area contributed by atoms with Crippen molar-refractivity contribution in [3.8, 4) is 11.1 Å². The summed E-state index contributed by atoms with van der Waals surface area (Å²) in [5, 5.41) is 16.3. The minimum absolute atomic E-state index is 0.0946. The largest absolute Gasteiger partial charge is 0.480 e. The Labute approximate surface area is 215 Å². The molecule has 1 heterocycles. The second-order valence-corrected chi connectivity index (χ2v) is 9.60. The summed E-state index contributed by atoms with van der Waals surface area (Å²) in [4.78, 5) is 50.4. The zero-order chi connectivity index (χ0) is 26.5. The molecule has 1 aliphatic heterocycles. The van der Waals surface area contributed by atoms with Crippen molar-refractivity contribution >= 4 is 24.0 Å². The number of urea groups is 1. The minimum atomic E-state index is -1.17. The number of fused-ring (bicyclic) bond motifs is 3. The first kappa shape index (κ1) is 26.0. The SMILES string of the molecule is CC(C)[C@H](NC(=O)OCC1c2ccccc2-c2ccccc21)C(=O)N1CCC[C@H]1NC(=O)NCC(=O)O. The van der Waals surface area contributed by atoms with Crippen LogP contribution in [0.3, 0.4) is 0 Å². The van der Waals surface area contributed by atoms with Crippen LogP contribution in [0.5, 0.6) is 0 Å². The highest BCUT2D eigenvalue weighted by molar-refractivity contribution is 5.87. The molecule has 0 aromatic heterocycles. The van der Waals surface area contributed by atoms with E-state index in [0.717, 1.165) is 22.3 Å². The number of rotatable bonds is 8. The summed E-state index contributed by atoms with van der Waals surface area (Å²) in [5.41, 5.74) is 4.45. The number of nitrogens with one attached hydrogen (secondary N) is 3. The van der Waals surface area contributed by atoms with Gasteiger partial charge in [0.05, 0.1) is 0 Å². The number of alkyl carbamates (subject to hydrolysis) is 1. The summed E-state index contributed by atoms with van der Waals surface area (Å²) in [6.07, 6.45) is -0.0726. The number of carboxylic acid groups (broad SMARTS) is 1. The molecule has 2 aliphatic rings. The Morgan fingerprint density at radius 2 is 1.65 bits per heavy atom. The fourth-order valence-electron chi connectivity index (χ4n) is 5.00. The van der Waals surface area contributed by atoms with Crippen molar-refractivity contribution in [2.24, 2.45) is 5.92 Å². The maximum absolute atomic E-state index is 13.4. The van der Waals surface area contributed by atoms with Gasteiger partial charge in [0.25, 0.3) is 0 Å². The van der Waals surface area contributed by atoms with Crippen molar-refractivity contribution in [2.75, 3.05) is 19.7 Å². The maximum atomic E-state index is 13.4. The van der Waals surface area contributed by atoms with Crippen LogP contribution in [0, 0.1) is 5.92 Å². The van der Waals surface area contributed by atoms with E-state index in [9.17, 15) is 19.2 Å². The van der Waals surface area contributed by atoms with Crippen molar-refractivity contribution in [3.63, 3.8) is 0 Å². The van der Waals surface area contributed by atoms with Crippen molar-refractivity contribution in [1.29, 1.82) is 0 Å². The molecule has 1 saturated heterocycles. The number of aliphatic carboxylic acids is 1. The van der Waals surface area contributed by atoms with E-state index in [1.54, 1.807) is 0 Å². The summed E-state index contributed by atoms with van der Waals surface area (Å²) < 4.78 is 5.62. The lowest BCUT2D eigenvalue weighted by Gasteiger charge is -2.31. The molecule has 10 nitrogen and oxygen atoms in total. The first-order valence-electron chi connectivity index (χ1n) is 12.4. The third kappa shape index (κ3) is 5.84. The molecule has 1 aliphatic carbocycles. The fraction of sp³-hybridized carbons (Fsp3) is 0.407. The first-order chi connectivity index (χ1) is 17.8. The van der Waals surface area contributed by atoms with E-state index in [0.29, 0.717) is 19.4 Å². The van der Waals surface area contributed by atoms with Gasteiger partial charge >= 0.3 is 18.1 Å². The third-order valence-corrected chi connectivity index (χ3v) is 6.78. The average molecular weight is 509 g/mol. The Bertz CT molecular complexity index is 1140. The third-order valence-electron chi connectivity index (χ3n) is 6.78. The summed E-state index contributed by atoms with van der Waals surface area (Å²) in [6.45, 7) is 3.67. The summed E-state index contributed by atoms with van der Waals surface area (Å²) >= 11 is 0. The molecule has 0 saturated carbocycles. The monoisotopic (exact) mass is 508 g/mol. The predicted molar refractivity (Wildman–Crippen MR) is 136 cm³/mol. The van der Waals surface area contributed by atoms with Crippen molar-refractivity contribution in [2.45, 2.75) is 44.8 Å². The Hall–Kier alpha value is -4.08. The highest BCUT2D eigenvalue weighted by Crippen LogP contribution is 2.44. The van der Waals surface area contributed by atoms with Crippen molar-refractivity contribution < 1.29 is 29.0 Å². The van der Waals surface area contributed by atoms with Crippen LogP contribution in [0.25, 0.3) is 11.1 Å². The summed E-state index contributed by atoms with van der Waals surface area (Å²) in [7, 11) is 0. The highest BCUT2D eigenvalue weighted by atomic mass is 16.5. The molecule has 2 aromatic carbocycles. The van der Waals surface area contributed by atoms with E-state index >= 15 is 0 Å². The topological polar surface area (TPSA) is 137 Å². The molecule has 37 heavy (non-hydrogen) atoms. The Balaban J connectivity index is 1.38. The minimum Gasteiger partial charge on any atom is -0.480 e. The van der Waals surface area contributed by atoms with Gasteiger partial charge in [-0.15, -0.1) is 0 Å². The van der Waals surface area contributed by atoms with E-state index in [2.05, 4.69) is 28.1 Å². The standard InChI is InChI=1S/C27H32N4O6/c1-16(2)24(25(34)31-13-7-12-22(31)29-26(35)28-14-23(32)33)30-27(36)37-15-21-19-10-5-3-8-17(19)18-9-4-6-11-20(18)21/h3-6,8-11,16,21-22,24H,7,12-15H2,1-2H3,(H,30,36)(H,32,33)(H2,28,29,35)/t22-,24-/m0/s1. The number of amides is 4. The maximum Gasteiger partial charge on any atom is 0.407 e. The van der Waals surface area contributed by atoms with Gasteiger partial charge in [-0.3, -0.25) is 9.59 Å². The molecule has 1 fully saturated rings. The van der Waals surface area contributed by atoms with Crippen LogP contribution >= 0.6 is 0 Å². The Kier molecular flexibility index (Phi) is 7.95. The second kappa shape index (κ2) is 11.3. The van der Waals surface area contributed by atoms with E-state index in [4.69, 9.17) is 9.84 Å². The number of carboxylic acids is 1. The van der Waals surface area contributed by atoms with E-state index in [1.807, 2.05) is 50.2 Å². The van der Waals surface area contributed by atoms with Crippen LogP contribution in [0.4, 0.5) is 9.59 Å². The second-order valence-electron chi connectivity index (χ2n) is 9.60. The van der Waals surface area contributed by atoms with Gasteiger partial charge in [0, 0.05) is 12.5 Å². The van der Waals surface area contributed by atoms with Crippen LogP contribution in [0.2, 0.25) is 0 Å². The van der Waals surface area contributed by atoms with Gasteiger partial charge in [0.2, 0.25) is 5.91 Å². The Morgan fingerprint density at radius 1 is 1.03 bits per heavy atom. The average Bonchev–Trinajstić information content (AvgIpc) is 3.46. The van der Waals surface area contributed by atoms with Gasteiger partial charge in [-0.2, -0.15) is 0 Å². The molecule has 2 atom stereocenters. The van der Waals surface area contributed by atoms with Crippen LogP contribution in [0.1, 0.15) is 43.7 Å². The summed E-state index contributed by atoms with van der Waals surface area (Å²) in [5.74, 6) is -1.82. The molecule has 4 rings (SSSR count). The van der Waals surface area contributed by atoms with Crippen LogP contribution in [-0.4, -0.2) is 65.9 Å². The van der Waals surface area contributed by atoms with Crippen LogP contribution in [-0.2, 0) is 14.3 Å². The fourth-order valence-corrected chi connectivity index (χ4v) is 5.00. The van der Waals surface area contributed by atoms with Gasteiger partial charge in [-0.05, 0) is 41.0 Å². The molecule has 196 valence electrons. The number of carbonyl (C=O) groups is 4. The number of carbonyl (C=O) groups excluding carboxylic acids is 3. The van der Waals surface area contributed by atoms with E-state index in [1.165, 1.54) is 4.90 Å². The lowest BCUT2D eigenvalue weighted by Crippen LogP contribution is -2.57. The number of hydrogen-bond acceptors (Lipinski definition) is 5. The molecular weight excluding hydrogens is 476 g/mol. The lowest BCUT2D eigenvalue weighted by molar-refractivity contribution is -0.136. The zero-order valence-electron chi connectivity index (χ0n) is 20.9. The summed E-state index contributed by atoms with van der Waals surface area (Å²) in [6, 6.07) is 14.6. The molecule has 4 N–H and O–H groups in total. The predicted octanol–water partition coefficient (Wildman–Crippen LogP) is 2.88. The quantitative estimate of drug-likeness (QED) is 0.433. The highest BCUT2D eigenvalue weighted by Gasteiger charge is 2.37. The molecule has 10 heteroatoms. The van der Waals surface area contributed by atoms with Gasteiger partial charge in [-0.1, -0.05) is 62.4 Å². The lowest BCUT2D eigenvalue weighted by atomic mass is 9.98. The number of benzene rings is 2. The zero-order valence-corrected chi connectivity index (χ0v) is 20.9. The van der Waals surface area contributed by atoms with E-state index in [-0.39, 0.29) is 24.3 Å². The van der Waals surface area contributed by atoms with Crippen molar-refractivity contribution in [3.05, 3.63) is 59.7 Å². The molecule has 4 amide bonds. The van der Waals surface area contributed by atoms with Gasteiger partial charge in [0.15, 0.2) is 0 Å². The molecule has 0 spiro atoms. The van der Waals surface area contributed by atoms with Gasteiger partial charge < -0.3 is 30.7 Å².